The minimum atomic E-state index is 0.0606. The second-order valence-electron chi connectivity index (χ2n) is 4.92. The van der Waals surface area contributed by atoms with Gasteiger partial charge >= 0.3 is 0 Å². The third kappa shape index (κ3) is 5.82. The van der Waals surface area contributed by atoms with Crippen LogP contribution in [0.4, 0.5) is 5.69 Å². The molecule has 22 heavy (non-hydrogen) atoms. The van der Waals surface area contributed by atoms with Crippen molar-refractivity contribution in [2.75, 3.05) is 18.2 Å². The van der Waals surface area contributed by atoms with E-state index in [2.05, 4.69) is 29.6 Å². The van der Waals surface area contributed by atoms with E-state index in [1.807, 2.05) is 42.1 Å². The molecule has 0 saturated carbocycles. The van der Waals surface area contributed by atoms with Crippen LogP contribution in [-0.2, 0) is 10.5 Å². The van der Waals surface area contributed by atoms with Crippen molar-refractivity contribution in [3.8, 4) is 5.75 Å². The average Bonchev–Trinajstić information content (AvgIpc) is 2.56. The molecule has 0 aliphatic heterocycles. The Morgan fingerprint density at radius 1 is 1.09 bits per heavy atom. The largest absolute Gasteiger partial charge is 0.497 e. The molecule has 0 fully saturated rings. The highest BCUT2D eigenvalue weighted by Gasteiger charge is 2.02. The lowest BCUT2D eigenvalue weighted by Gasteiger charge is -2.06. The minimum Gasteiger partial charge on any atom is -0.497 e. The second kappa shape index (κ2) is 9.15. The number of hydrogen-bond donors (Lipinski definition) is 1. The summed E-state index contributed by atoms with van der Waals surface area (Å²) >= 11 is 1.86. The molecule has 1 N–H and O–H groups in total. The molecule has 0 bridgehead atoms. The van der Waals surface area contributed by atoms with Crippen molar-refractivity contribution in [1.29, 1.82) is 0 Å². The first-order valence-electron chi connectivity index (χ1n) is 7.33. The SMILES string of the molecule is COc1ccc(NC(=O)CCCSCc2ccccc2)cc1. The fourth-order valence-electron chi connectivity index (χ4n) is 2.00. The third-order valence-corrected chi connectivity index (χ3v) is 4.29. The maximum Gasteiger partial charge on any atom is 0.224 e. The normalized spacial score (nSPS) is 10.2. The van der Waals surface area contributed by atoms with E-state index in [0.29, 0.717) is 6.42 Å². The van der Waals surface area contributed by atoms with Gasteiger partial charge in [-0.05, 0) is 42.0 Å². The summed E-state index contributed by atoms with van der Waals surface area (Å²) in [6.45, 7) is 0. The third-order valence-electron chi connectivity index (χ3n) is 3.18. The van der Waals surface area contributed by atoms with Crippen molar-refractivity contribution in [1.82, 2.24) is 0 Å². The first-order chi connectivity index (χ1) is 10.8. The number of methoxy groups -OCH3 is 1. The van der Waals surface area contributed by atoms with Crippen molar-refractivity contribution in [3.63, 3.8) is 0 Å². The molecule has 2 aromatic carbocycles. The predicted molar refractivity (Wildman–Crippen MR) is 93.5 cm³/mol. The molecule has 4 heteroatoms. The standard InChI is InChI=1S/C18H21NO2S/c1-21-17-11-9-16(10-12-17)19-18(20)8-5-13-22-14-15-6-3-2-4-7-15/h2-4,6-7,9-12H,5,8,13-14H2,1H3,(H,19,20). The van der Waals surface area contributed by atoms with Crippen LogP contribution in [-0.4, -0.2) is 18.8 Å². The van der Waals surface area contributed by atoms with E-state index in [0.717, 1.165) is 29.4 Å². The number of amides is 1. The van der Waals surface area contributed by atoms with Crippen molar-refractivity contribution >= 4 is 23.4 Å². The Labute approximate surface area is 136 Å². The molecule has 0 unspecified atom stereocenters. The van der Waals surface area contributed by atoms with E-state index in [1.165, 1.54) is 5.56 Å². The van der Waals surface area contributed by atoms with Gasteiger partial charge < -0.3 is 10.1 Å². The number of nitrogens with one attached hydrogen (secondary N) is 1. The summed E-state index contributed by atoms with van der Waals surface area (Å²) in [4.78, 5) is 11.8. The molecule has 0 aromatic heterocycles. The van der Waals surface area contributed by atoms with Crippen LogP contribution >= 0.6 is 11.8 Å². The average molecular weight is 315 g/mol. The molecule has 116 valence electrons. The Kier molecular flexibility index (Phi) is 6.84. The summed E-state index contributed by atoms with van der Waals surface area (Å²) in [5.74, 6) is 2.84. The van der Waals surface area contributed by atoms with E-state index >= 15 is 0 Å². The van der Waals surface area contributed by atoms with Gasteiger partial charge in [0.25, 0.3) is 0 Å². The van der Waals surface area contributed by atoms with Crippen molar-refractivity contribution in [3.05, 3.63) is 60.2 Å². The zero-order valence-electron chi connectivity index (χ0n) is 12.7. The second-order valence-corrected chi connectivity index (χ2v) is 6.02. The highest BCUT2D eigenvalue weighted by atomic mass is 32.2. The molecule has 0 radical (unpaired) electrons. The van der Waals surface area contributed by atoms with Gasteiger partial charge in [-0.3, -0.25) is 4.79 Å². The number of ether oxygens (including phenoxy) is 1. The number of hydrogen-bond acceptors (Lipinski definition) is 3. The van der Waals surface area contributed by atoms with E-state index in [9.17, 15) is 4.79 Å². The Bertz CT molecular complexity index is 569. The van der Waals surface area contributed by atoms with Gasteiger partial charge in [0.2, 0.25) is 5.91 Å². The van der Waals surface area contributed by atoms with Crippen molar-refractivity contribution in [2.45, 2.75) is 18.6 Å². The molecule has 3 nitrogen and oxygen atoms in total. The molecule has 0 aliphatic carbocycles. The quantitative estimate of drug-likeness (QED) is 0.736. The van der Waals surface area contributed by atoms with Gasteiger partial charge in [0.05, 0.1) is 7.11 Å². The van der Waals surface area contributed by atoms with Gasteiger partial charge in [0, 0.05) is 17.9 Å². The lowest BCUT2D eigenvalue weighted by molar-refractivity contribution is -0.116. The van der Waals surface area contributed by atoms with E-state index in [1.54, 1.807) is 7.11 Å². The molecular weight excluding hydrogens is 294 g/mol. The molecule has 0 spiro atoms. The van der Waals surface area contributed by atoms with Gasteiger partial charge in [0.1, 0.15) is 5.75 Å². The number of carbonyl (C=O) groups is 1. The van der Waals surface area contributed by atoms with Crippen LogP contribution in [0.25, 0.3) is 0 Å². The maximum absolute atomic E-state index is 11.8. The lowest BCUT2D eigenvalue weighted by atomic mass is 10.2. The predicted octanol–water partition coefficient (Wildman–Crippen LogP) is 4.35. The Morgan fingerprint density at radius 3 is 2.50 bits per heavy atom. The van der Waals surface area contributed by atoms with Crippen LogP contribution in [0.5, 0.6) is 5.75 Å². The van der Waals surface area contributed by atoms with Crippen LogP contribution in [0.1, 0.15) is 18.4 Å². The molecule has 2 rings (SSSR count). The number of rotatable bonds is 8. The van der Waals surface area contributed by atoms with Crippen LogP contribution in [0, 0.1) is 0 Å². The first-order valence-corrected chi connectivity index (χ1v) is 8.49. The number of carbonyl (C=O) groups excluding carboxylic acids is 1. The summed E-state index contributed by atoms with van der Waals surface area (Å²) < 4.78 is 5.09. The molecule has 2 aromatic rings. The maximum atomic E-state index is 11.8. The molecule has 0 atom stereocenters. The summed E-state index contributed by atoms with van der Waals surface area (Å²) in [6.07, 6.45) is 1.44. The number of anilines is 1. The smallest absolute Gasteiger partial charge is 0.224 e. The van der Waals surface area contributed by atoms with Crippen LogP contribution in [0.3, 0.4) is 0 Å². The summed E-state index contributed by atoms with van der Waals surface area (Å²) in [5.41, 5.74) is 2.14. The lowest BCUT2D eigenvalue weighted by Crippen LogP contribution is -2.11. The molecule has 1 amide bonds. The van der Waals surface area contributed by atoms with Crippen LogP contribution < -0.4 is 10.1 Å². The molecular formula is C18H21NO2S. The molecule has 0 heterocycles. The minimum absolute atomic E-state index is 0.0606. The monoisotopic (exact) mass is 315 g/mol. The van der Waals surface area contributed by atoms with Gasteiger partial charge in [-0.15, -0.1) is 0 Å². The van der Waals surface area contributed by atoms with Gasteiger partial charge in [-0.25, -0.2) is 0 Å². The van der Waals surface area contributed by atoms with Gasteiger partial charge in [0.15, 0.2) is 0 Å². The van der Waals surface area contributed by atoms with Crippen LogP contribution in [0.15, 0.2) is 54.6 Å². The Balaban J connectivity index is 1.61. The Morgan fingerprint density at radius 2 is 1.82 bits per heavy atom. The van der Waals surface area contributed by atoms with Crippen molar-refractivity contribution < 1.29 is 9.53 Å². The zero-order valence-corrected chi connectivity index (χ0v) is 13.6. The molecule has 0 saturated heterocycles. The Hall–Kier alpha value is -1.94. The summed E-state index contributed by atoms with van der Waals surface area (Å²) in [6, 6.07) is 17.8. The fraction of sp³-hybridized carbons (Fsp3) is 0.278. The van der Waals surface area contributed by atoms with Crippen molar-refractivity contribution in [2.24, 2.45) is 0 Å². The zero-order chi connectivity index (χ0) is 15.6. The topological polar surface area (TPSA) is 38.3 Å². The summed E-state index contributed by atoms with van der Waals surface area (Å²) in [5, 5.41) is 2.90. The van der Waals surface area contributed by atoms with Crippen LogP contribution in [0.2, 0.25) is 0 Å². The fourth-order valence-corrected chi connectivity index (χ4v) is 2.92. The highest BCUT2D eigenvalue weighted by molar-refractivity contribution is 7.98. The number of thioether (sulfide) groups is 1. The molecule has 0 aliphatic rings. The van der Waals surface area contributed by atoms with E-state index in [4.69, 9.17) is 4.74 Å². The van der Waals surface area contributed by atoms with Gasteiger partial charge in [-0.2, -0.15) is 11.8 Å². The van der Waals surface area contributed by atoms with Gasteiger partial charge in [-0.1, -0.05) is 30.3 Å². The van der Waals surface area contributed by atoms with E-state index in [-0.39, 0.29) is 5.91 Å². The number of benzene rings is 2. The highest BCUT2D eigenvalue weighted by Crippen LogP contribution is 2.16. The van der Waals surface area contributed by atoms with E-state index < -0.39 is 0 Å². The summed E-state index contributed by atoms with van der Waals surface area (Å²) in [7, 11) is 1.63. The first kappa shape index (κ1) is 16.4.